The third-order valence-corrected chi connectivity index (χ3v) is 11.8. The number of benzene rings is 2. The van der Waals surface area contributed by atoms with Crippen LogP contribution in [0, 0.1) is 11.8 Å². The number of fused-ring (bicyclic) bond motifs is 2. The Labute approximate surface area is 326 Å². The maximum absolute atomic E-state index is 14.6. The van der Waals surface area contributed by atoms with Crippen LogP contribution in [0.2, 0.25) is 5.02 Å². The van der Waals surface area contributed by atoms with Gasteiger partial charge in [0.05, 0.1) is 24.9 Å². The molecule has 1 saturated carbocycles. The summed E-state index contributed by atoms with van der Waals surface area (Å²) < 4.78 is 61.0. The van der Waals surface area contributed by atoms with E-state index in [-0.39, 0.29) is 41.8 Å². The molecule has 2 saturated heterocycles. The zero-order chi connectivity index (χ0) is 39.3. The number of aliphatic carboxylic acids is 1. The average Bonchev–Trinajstić information content (AvgIpc) is 3.43. The van der Waals surface area contributed by atoms with Crippen molar-refractivity contribution in [3.8, 4) is 40.0 Å². The zero-order valence-corrected chi connectivity index (χ0v) is 31.5. The van der Waals surface area contributed by atoms with Crippen LogP contribution in [-0.2, 0) is 35.3 Å². The Kier molecular flexibility index (Phi) is 10.3. The fraction of sp³-hybridized carbons (Fsp3) is 0.415. The molecule has 0 radical (unpaired) electrons. The van der Waals surface area contributed by atoms with Gasteiger partial charge in [0, 0.05) is 60.9 Å². The van der Waals surface area contributed by atoms with Crippen LogP contribution in [0.1, 0.15) is 59.6 Å². The summed E-state index contributed by atoms with van der Waals surface area (Å²) in [6.07, 6.45) is -2.43. The Hall–Kier alpha value is -4.92. The second-order valence-corrected chi connectivity index (χ2v) is 15.2. The van der Waals surface area contributed by atoms with Crippen LogP contribution < -0.4 is 24.8 Å². The second kappa shape index (κ2) is 15.2. The van der Waals surface area contributed by atoms with Gasteiger partial charge in [-0.2, -0.15) is 18.2 Å². The molecule has 8 rings (SSSR count). The van der Waals surface area contributed by atoms with Crippen LogP contribution in [0.4, 0.5) is 13.2 Å². The summed E-state index contributed by atoms with van der Waals surface area (Å²) in [5.74, 6) is -0.845. The maximum atomic E-state index is 14.6. The number of amides is 1. The number of hydrogen-bond acceptors (Lipinski definition) is 9. The van der Waals surface area contributed by atoms with Crippen molar-refractivity contribution in [2.75, 3.05) is 27.3 Å². The van der Waals surface area contributed by atoms with Crippen LogP contribution in [0.5, 0.6) is 17.6 Å². The van der Waals surface area contributed by atoms with Gasteiger partial charge in [-0.1, -0.05) is 54.1 Å². The number of ether oxygens (including phenoxy) is 3. The summed E-state index contributed by atoms with van der Waals surface area (Å²) in [7, 11) is 2.88. The molecule has 0 unspecified atom stereocenters. The molecule has 3 fully saturated rings. The first-order valence-electron chi connectivity index (χ1n) is 18.7. The van der Waals surface area contributed by atoms with E-state index in [0.717, 1.165) is 46.7 Å². The first-order chi connectivity index (χ1) is 26.9. The summed E-state index contributed by atoms with van der Waals surface area (Å²) >= 11 is 7.12. The van der Waals surface area contributed by atoms with Crippen molar-refractivity contribution in [1.82, 2.24) is 25.5 Å². The first kappa shape index (κ1) is 38.0. The molecule has 0 spiro atoms. The number of methoxy groups -OCH3 is 2. The molecular weight excluding hydrogens is 751 g/mol. The lowest BCUT2D eigenvalue weighted by Crippen LogP contribution is -2.39. The van der Waals surface area contributed by atoms with Crippen LogP contribution >= 0.6 is 11.6 Å². The Morgan fingerprint density at radius 2 is 1.73 bits per heavy atom. The van der Waals surface area contributed by atoms with E-state index in [0.29, 0.717) is 61.1 Å². The Balaban J connectivity index is 1.04. The van der Waals surface area contributed by atoms with E-state index < -0.39 is 35.7 Å². The van der Waals surface area contributed by atoms with E-state index in [1.807, 2.05) is 48.5 Å². The molecule has 2 aliphatic heterocycles. The molecule has 15 heteroatoms. The third-order valence-electron chi connectivity index (χ3n) is 11.4. The minimum atomic E-state index is -4.79. The predicted molar refractivity (Wildman–Crippen MR) is 200 cm³/mol. The number of hydrogen-bond donors (Lipinski definition) is 3. The van der Waals surface area contributed by atoms with E-state index in [9.17, 15) is 27.9 Å². The van der Waals surface area contributed by atoms with E-state index in [1.54, 1.807) is 12.0 Å². The minimum Gasteiger partial charge on any atom is -0.481 e. The third kappa shape index (κ3) is 7.37. The topological polar surface area (TPSA) is 135 Å². The fourth-order valence-electron chi connectivity index (χ4n) is 8.58. The number of rotatable bonds is 13. The van der Waals surface area contributed by atoms with Crippen molar-refractivity contribution in [2.24, 2.45) is 11.8 Å². The van der Waals surface area contributed by atoms with Gasteiger partial charge in [-0.05, 0) is 66.3 Å². The highest BCUT2D eigenvalue weighted by Gasteiger charge is 2.55. The molecule has 2 aromatic heterocycles. The largest absolute Gasteiger partial charge is 0.481 e. The zero-order valence-electron chi connectivity index (χ0n) is 30.8. The van der Waals surface area contributed by atoms with Gasteiger partial charge in [0.15, 0.2) is 0 Å². The average molecular weight is 792 g/mol. The van der Waals surface area contributed by atoms with Crippen LogP contribution in [0.15, 0.2) is 54.6 Å². The van der Waals surface area contributed by atoms with Gasteiger partial charge in [0.25, 0.3) is 0 Å². The maximum Gasteiger partial charge on any atom is 0.421 e. The highest BCUT2D eigenvalue weighted by Crippen LogP contribution is 2.51. The van der Waals surface area contributed by atoms with Gasteiger partial charge in [-0.25, -0.2) is 4.98 Å². The number of piperidine rings is 1. The number of carbonyl (C=O) groups is 2. The smallest absolute Gasteiger partial charge is 0.421 e. The molecule has 4 heterocycles. The lowest BCUT2D eigenvalue weighted by Gasteiger charge is -2.26. The van der Waals surface area contributed by atoms with Crippen molar-refractivity contribution in [3.63, 3.8) is 0 Å². The highest BCUT2D eigenvalue weighted by atomic mass is 35.5. The Bertz CT molecular complexity index is 2190. The van der Waals surface area contributed by atoms with Crippen molar-refractivity contribution in [3.05, 3.63) is 87.4 Å². The van der Waals surface area contributed by atoms with Gasteiger partial charge in [0.1, 0.15) is 17.7 Å². The molecule has 0 bridgehead atoms. The number of nitrogens with zero attached hydrogens (tertiary/aromatic N) is 3. The van der Waals surface area contributed by atoms with Crippen molar-refractivity contribution >= 4 is 23.5 Å². The Morgan fingerprint density at radius 1 is 0.982 bits per heavy atom. The summed E-state index contributed by atoms with van der Waals surface area (Å²) in [5, 5.41) is 16.6. The van der Waals surface area contributed by atoms with E-state index in [4.69, 9.17) is 30.8 Å². The fourth-order valence-corrected chi connectivity index (χ4v) is 8.91. The minimum absolute atomic E-state index is 0.0143. The number of nitrogens with one attached hydrogen (secondary N) is 2. The van der Waals surface area contributed by atoms with Crippen molar-refractivity contribution in [1.29, 1.82) is 0 Å². The van der Waals surface area contributed by atoms with Crippen LogP contribution in [0.3, 0.4) is 0 Å². The molecule has 11 nitrogen and oxygen atoms in total. The van der Waals surface area contributed by atoms with Crippen LogP contribution in [-0.4, -0.2) is 71.2 Å². The van der Waals surface area contributed by atoms with Gasteiger partial charge >= 0.3 is 12.1 Å². The number of carbonyl (C=O) groups excluding carboxylic acids is 1. The summed E-state index contributed by atoms with van der Waals surface area (Å²) in [4.78, 5) is 34.2. The Morgan fingerprint density at radius 3 is 2.46 bits per heavy atom. The van der Waals surface area contributed by atoms with E-state index >= 15 is 0 Å². The molecule has 2 aromatic carbocycles. The number of carboxylic acids is 1. The molecule has 294 valence electrons. The van der Waals surface area contributed by atoms with Gasteiger partial charge in [-0.15, -0.1) is 0 Å². The molecule has 2 aliphatic carbocycles. The quantitative estimate of drug-likeness (QED) is 0.132. The van der Waals surface area contributed by atoms with Gasteiger partial charge < -0.3 is 30.0 Å². The van der Waals surface area contributed by atoms with Crippen molar-refractivity contribution in [2.45, 2.75) is 69.6 Å². The molecule has 56 heavy (non-hydrogen) atoms. The summed E-state index contributed by atoms with van der Waals surface area (Å²) in [6, 6.07) is 15.4. The van der Waals surface area contributed by atoms with Crippen molar-refractivity contribution < 1.29 is 42.1 Å². The second-order valence-electron chi connectivity index (χ2n) is 14.9. The molecule has 1 amide bonds. The molecule has 4 aliphatic rings. The van der Waals surface area contributed by atoms with E-state index in [2.05, 4.69) is 15.6 Å². The van der Waals surface area contributed by atoms with E-state index in [1.165, 1.54) is 7.11 Å². The summed E-state index contributed by atoms with van der Waals surface area (Å²) in [5.41, 5.74) is 4.47. The normalized spacial score (nSPS) is 22.8. The lowest BCUT2D eigenvalue weighted by atomic mass is 9.94. The number of alkyl halides is 3. The molecule has 5 atom stereocenters. The predicted octanol–water partition coefficient (Wildman–Crippen LogP) is 6.84. The number of halogens is 4. The summed E-state index contributed by atoms with van der Waals surface area (Å²) in [6.45, 7) is 1.59. The number of aromatic nitrogens is 2. The molecular formula is C41H41ClF3N5O6. The molecule has 3 N–H and O–H groups in total. The molecule has 4 aromatic rings. The number of carboxylic acid groups (broad SMARTS) is 1. The van der Waals surface area contributed by atoms with Gasteiger partial charge in [0.2, 0.25) is 23.5 Å². The number of pyridine rings is 2. The standard InChI is InChI=1S/C41H41ClF3N5O6/c1-54-37-21(17-46-18-24-10-14-34(51)47-24)9-12-32(48-37)29-8-4-7-28(35(29)42)25-5-3-6-27-26(25)11-13-33(27)56-39-31(41(43,44)45)16-23(38(49-39)55-2)20-50-19-22-15-30(22)36(50)40(52)53/h3-9,12,16,22,24,30,33,36,46H,10-11,13-15,17-20H2,1-2H3,(H,47,51)(H,52,53)/t22-,24-,30-,33-,36-/m0/s1. The van der Waals surface area contributed by atoms with Crippen LogP contribution in [0.25, 0.3) is 22.4 Å². The number of likely N-dealkylation sites (tertiary alicyclic amines) is 1. The highest BCUT2D eigenvalue weighted by molar-refractivity contribution is 6.36. The monoisotopic (exact) mass is 791 g/mol. The lowest BCUT2D eigenvalue weighted by molar-refractivity contribution is -0.143. The van der Waals surface area contributed by atoms with Gasteiger partial charge in [-0.3, -0.25) is 14.5 Å². The first-order valence-corrected chi connectivity index (χ1v) is 19.0. The SMILES string of the molecule is COc1nc(-c2cccc(-c3cccc4c3CC[C@@H]4Oc3nc(OC)c(CN4C[C@@H]5C[C@@H]5[C@H]4C(=O)O)cc3C(F)(F)F)c2Cl)ccc1CNC[C@@H]1CCC(=O)N1.